The fourth-order valence-corrected chi connectivity index (χ4v) is 2.42. The molecule has 2 rings (SSSR count). The van der Waals surface area contributed by atoms with Gasteiger partial charge in [0.25, 0.3) is 0 Å². The fourth-order valence-electron chi connectivity index (χ4n) is 2.42. The lowest BCUT2D eigenvalue weighted by Crippen LogP contribution is -2.39. The van der Waals surface area contributed by atoms with Crippen LogP contribution >= 0.6 is 0 Å². The van der Waals surface area contributed by atoms with E-state index < -0.39 is 0 Å². The van der Waals surface area contributed by atoms with E-state index in [1.165, 1.54) is 7.11 Å². The van der Waals surface area contributed by atoms with Crippen LogP contribution < -0.4 is 0 Å². The molecule has 6 nitrogen and oxygen atoms in total. The van der Waals surface area contributed by atoms with Gasteiger partial charge in [-0.1, -0.05) is 0 Å². The van der Waals surface area contributed by atoms with E-state index in [2.05, 4.69) is 4.98 Å². The third kappa shape index (κ3) is 4.53. The first-order valence-corrected chi connectivity index (χ1v) is 7.14. The molecule has 6 heteroatoms. The largest absolute Gasteiger partial charge is 0.375 e. The molecule has 0 radical (unpaired) electrons. The van der Waals surface area contributed by atoms with Gasteiger partial charge in [0, 0.05) is 45.7 Å². The number of pyridine rings is 1. The fraction of sp³-hybridized carbons (Fsp3) is 0.533. The summed E-state index contributed by atoms with van der Waals surface area (Å²) in [6, 6.07) is 3.70. The van der Waals surface area contributed by atoms with Crippen molar-refractivity contribution in [2.45, 2.75) is 12.8 Å². The van der Waals surface area contributed by atoms with Gasteiger partial charge >= 0.3 is 0 Å². The monoisotopic (exact) mass is 291 g/mol. The number of aromatic nitrogens is 1. The Kier molecular flexibility index (Phi) is 5.68. The van der Waals surface area contributed by atoms with E-state index in [-0.39, 0.29) is 18.4 Å². The lowest BCUT2D eigenvalue weighted by atomic mass is 10.2. The molecule has 1 fully saturated rings. The Morgan fingerprint density at radius 1 is 1.10 bits per heavy atom. The third-order valence-corrected chi connectivity index (χ3v) is 3.57. The minimum Gasteiger partial charge on any atom is -0.375 e. The van der Waals surface area contributed by atoms with Gasteiger partial charge in [-0.15, -0.1) is 0 Å². The van der Waals surface area contributed by atoms with Crippen molar-refractivity contribution in [2.75, 3.05) is 39.9 Å². The lowest BCUT2D eigenvalue weighted by molar-refractivity contribution is -0.136. The quantitative estimate of drug-likeness (QED) is 0.802. The summed E-state index contributed by atoms with van der Waals surface area (Å²) in [7, 11) is 1.51. The Morgan fingerprint density at radius 2 is 1.71 bits per heavy atom. The molecule has 1 aromatic rings. The Balaban J connectivity index is 1.87. The molecule has 0 unspecified atom stereocenters. The van der Waals surface area contributed by atoms with E-state index in [4.69, 9.17) is 4.74 Å². The second kappa shape index (κ2) is 7.73. The van der Waals surface area contributed by atoms with Gasteiger partial charge in [-0.2, -0.15) is 0 Å². The van der Waals surface area contributed by atoms with Gasteiger partial charge in [0.05, 0.1) is 6.42 Å². The van der Waals surface area contributed by atoms with E-state index >= 15 is 0 Å². The maximum absolute atomic E-state index is 12.3. The topological polar surface area (TPSA) is 62.7 Å². The highest BCUT2D eigenvalue weighted by Crippen LogP contribution is 2.07. The zero-order valence-corrected chi connectivity index (χ0v) is 12.3. The van der Waals surface area contributed by atoms with Crippen molar-refractivity contribution in [3.05, 3.63) is 30.1 Å². The number of hydrogen-bond acceptors (Lipinski definition) is 4. The van der Waals surface area contributed by atoms with Crippen LogP contribution in [0.2, 0.25) is 0 Å². The van der Waals surface area contributed by atoms with Crippen LogP contribution in [0.5, 0.6) is 0 Å². The molecule has 2 amide bonds. The summed E-state index contributed by atoms with van der Waals surface area (Å²) in [5.41, 5.74) is 0.964. The average molecular weight is 291 g/mol. The summed E-state index contributed by atoms with van der Waals surface area (Å²) in [4.78, 5) is 31.7. The molecular formula is C15H21N3O3. The van der Waals surface area contributed by atoms with Gasteiger partial charge in [0.1, 0.15) is 6.61 Å². The molecule has 0 saturated carbocycles. The first kappa shape index (κ1) is 15.4. The van der Waals surface area contributed by atoms with Crippen LogP contribution in [-0.2, 0) is 20.7 Å². The first-order valence-electron chi connectivity index (χ1n) is 7.14. The smallest absolute Gasteiger partial charge is 0.248 e. The van der Waals surface area contributed by atoms with Crippen molar-refractivity contribution in [3.8, 4) is 0 Å². The minimum absolute atomic E-state index is 0.0130. The second-order valence-electron chi connectivity index (χ2n) is 5.08. The minimum atomic E-state index is -0.0130. The van der Waals surface area contributed by atoms with Gasteiger partial charge in [-0.3, -0.25) is 14.6 Å². The predicted octanol–water partition coefficient (Wildman–Crippen LogP) is 0.331. The van der Waals surface area contributed by atoms with Gasteiger partial charge < -0.3 is 14.5 Å². The Bertz CT molecular complexity index is 478. The number of ether oxygens (including phenoxy) is 1. The maximum atomic E-state index is 12.3. The molecule has 0 atom stereocenters. The van der Waals surface area contributed by atoms with E-state index in [0.717, 1.165) is 12.0 Å². The lowest BCUT2D eigenvalue weighted by Gasteiger charge is -2.22. The van der Waals surface area contributed by atoms with Crippen LogP contribution in [0.15, 0.2) is 24.5 Å². The molecule has 21 heavy (non-hydrogen) atoms. The van der Waals surface area contributed by atoms with Crippen molar-refractivity contribution in [3.63, 3.8) is 0 Å². The molecule has 0 spiro atoms. The van der Waals surface area contributed by atoms with Crippen LogP contribution in [-0.4, -0.2) is 66.5 Å². The van der Waals surface area contributed by atoms with E-state index in [1.807, 2.05) is 17.0 Å². The maximum Gasteiger partial charge on any atom is 0.248 e. The summed E-state index contributed by atoms with van der Waals surface area (Å²) < 4.78 is 4.87. The van der Waals surface area contributed by atoms with Gasteiger partial charge in [-0.25, -0.2) is 0 Å². The molecule has 0 bridgehead atoms. The predicted molar refractivity (Wildman–Crippen MR) is 77.6 cm³/mol. The highest BCUT2D eigenvalue weighted by molar-refractivity contribution is 5.79. The number of rotatable bonds is 4. The Morgan fingerprint density at radius 3 is 2.33 bits per heavy atom. The van der Waals surface area contributed by atoms with Crippen LogP contribution in [0.3, 0.4) is 0 Å². The molecule has 1 aromatic heterocycles. The molecule has 1 aliphatic heterocycles. The summed E-state index contributed by atoms with van der Waals surface area (Å²) in [5, 5.41) is 0. The van der Waals surface area contributed by atoms with E-state index in [9.17, 15) is 9.59 Å². The summed E-state index contributed by atoms with van der Waals surface area (Å²) in [6.45, 7) is 2.64. The highest BCUT2D eigenvalue weighted by Gasteiger charge is 2.21. The molecular weight excluding hydrogens is 270 g/mol. The van der Waals surface area contributed by atoms with Crippen molar-refractivity contribution in [2.24, 2.45) is 0 Å². The number of methoxy groups -OCH3 is 1. The van der Waals surface area contributed by atoms with Crippen molar-refractivity contribution < 1.29 is 14.3 Å². The second-order valence-corrected chi connectivity index (χ2v) is 5.08. The number of hydrogen-bond donors (Lipinski definition) is 0. The molecule has 0 aromatic carbocycles. The SMILES string of the molecule is COCC(=O)N1CCCN(C(=O)Cc2ccncc2)CC1. The van der Waals surface area contributed by atoms with Crippen molar-refractivity contribution >= 4 is 11.8 Å². The summed E-state index contributed by atoms with van der Waals surface area (Å²) in [6.07, 6.45) is 4.57. The average Bonchev–Trinajstić information content (AvgIpc) is 2.74. The zero-order valence-electron chi connectivity index (χ0n) is 12.3. The van der Waals surface area contributed by atoms with E-state index in [0.29, 0.717) is 32.6 Å². The van der Waals surface area contributed by atoms with Crippen LogP contribution in [0.25, 0.3) is 0 Å². The molecule has 2 heterocycles. The molecule has 0 aliphatic carbocycles. The van der Waals surface area contributed by atoms with Crippen LogP contribution in [0, 0.1) is 0 Å². The summed E-state index contributed by atoms with van der Waals surface area (Å²) >= 11 is 0. The van der Waals surface area contributed by atoms with Crippen LogP contribution in [0.4, 0.5) is 0 Å². The Hall–Kier alpha value is -1.95. The molecule has 1 aliphatic rings. The standard InChI is InChI=1S/C15H21N3O3/c1-21-12-15(20)18-8-2-7-17(9-10-18)14(19)11-13-3-5-16-6-4-13/h3-6H,2,7-12H2,1H3. The van der Waals surface area contributed by atoms with Crippen molar-refractivity contribution in [1.29, 1.82) is 0 Å². The van der Waals surface area contributed by atoms with Crippen molar-refractivity contribution in [1.82, 2.24) is 14.8 Å². The van der Waals surface area contributed by atoms with E-state index in [1.54, 1.807) is 17.3 Å². The number of amides is 2. The summed E-state index contributed by atoms with van der Waals surface area (Å²) in [5.74, 6) is 0.0863. The highest BCUT2D eigenvalue weighted by atomic mass is 16.5. The van der Waals surface area contributed by atoms with Gasteiger partial charge in [0.15, 0.2) is 0 Å². The Labute approximate surface area is 124 Å². The number of nitrogens with zero attached hydrogens (tertiary/aromatic N) is 3. The van der Waals surface area contributed by atoms with Gasteiger partial charge in [-0.05, 0) is 24.1 Å². The molecule has 1 saturated heterocycles. The molecule has 0 N–H and O–H groups in total. The number of carbonyl (C=O) groups excluding carboxylic acids is 2. The third-order valence-electron chi connectivity index (χ3n) is 3.57. The first-order chi connectivity index (χ1) is 10.2. The zero-order chi connectivity index (χ0) is 15.1. The van der Waals surface area contributed by atoms with Crippen LogP contribution in [0.1, 0.15) is 12.0 Å². The normalized spacial score (nSPS) is 15.7. The number of carbonyl (C=O) groups is 2. The molecule has 114 valence electrons. The van der Waals surface area contributed by atoms with Gasteiger partial charge in [0.2, 0.25) is 11.8 Å².